The third-order valence-corrected chi connectivity index (χ3v) is 4.56. The van der Waals surface area contributed by atoms with Gasteiger partial charge in [0.1, 0.15) is 0 Å². The number of aldehydes is 1. The molecule has 0 atom stereocenters. The summed E-state index contributed by atoms with van der Waals surface area (Å²) in [6.45, 7) is 18.5. The summed E-state index contributed by atoms with van der Waals surface area (Å²) in [6.07, 6.45) is 2.75. The van der Waals surface area contributed by atoms with Crippen LogP contribution in [0.3, 0.4) is 0 Å². The first-order valence-corrected chi connectivity index (χ1v) is 12.9. The maximum absolute atomic E-state index is 12.3. The first-order valence-electron chi connectivity index (χ1n) is 11.6. The van der Waals surface area contributed by atoms with Crippen LogP contribution in [0.25, 0.3) is 0 Å². The second-order valence-corrected chi connectivity index (χ2v) is 6.82. The molecule has 0 spiro atoms. The highest BCUT2D eigenvalue weighted by Gasteiger charge is 2.13. The van der Waals surface area contributed by atoms with Gasteiger partial charge in [-0.3, -0.25) is 4.79 Å². The highest BCUT2D eigenvalue weighted by atomic mass is 35.5. The molecule has 0 saturated carbocycles. The average Bonchev–Trinajstić information content (AvgIpc) is 2.86. The lowest BCUT2D eigenvalue weighted by Crippen LogP contribution is -2.29. The van der Waals surface area contributed by atoms with E-state index >= 15 is 0 Å². The number of likely N-dealkylation sites (N-methyl/N-ethyl adjacent to an activating group) is 1. The standard InChI is InChI=1S/C18H24ClN3O2S.3C2H6.CH5N/c1-4-5-10-25-17(16(12-23)13(2)11-20-3)22-18(24)21-15-8-6-14(19)7-9-15;4*1-2/h6-9,12,20H,2,4-5,10-11H2,1,3H3,(H2,21,22,24);3*1-2H3;2H2,1H3/b17-16-;;;;. The number of unbranched alkanes of at least 4 members (excludes halogenated alkanes) is 1. The van der Waals surface area contributed by atoms with E-state index in [-0.39, 0.29) is 0 Å². The Kier molecular flexibility index (Phi) is 35.2. The summed E-state index contributed by atoms with van der Waals surface area (Å²) in [5.74, 6) is 0.803. The lowest BCUT2D eigenvalue weighted by atomic mass is 10.1. The molecule has 0 aromatic heterocycles. The van der Waals surface area contributed by atoms with E-state index in [1.165, 1.54) is 18.8 Å². The van der Waals surface area contributed by atoms with Gasteiger partial charge >= 0.3 is 6.03 Å². The van der Waals surface area contributed by atoms with Gasteiger partial charge in [0.15, 0.2) is 6.29 Å². The smallest absolute Gasteiger partial charge is 0.324 e. The summed E-state index contributed by atoms with van der Waals surface area (Å²) in [5.41, 5.74) is 6.14. The van der Waals surface area contributed by atoms with Crippen LogP contribution in [0, 0.1) is 0 Å². The van der Waals surface area contributed by atoms with E-state index in [2.05, 4.69) is 35.2 Å². The van der Waals surface area contributed by atoms with Crippen molar-refractivity contribution in [2.75, 3.05) is 31.7 Å². The fourth-order valence-electron chi connectivity index (χ4n) is 1.90. The molecule has 0 radical (unpaired) electrons. The normalized spacial score (nSPS) is 9.42. The molecule has 1 aromatic carbocycles. The first kappa shape index (κ1) is 38.5. The molecule has 0 fully saturated rings. The maximum Gasteiger partial charge on any atom is 0.324 e. The van der Waals surface area contributed by atoms with Gasteiger partial charge in [0, 0.05) is 22.8 Å². The Labute approximate surface area is 212 Å². The molecule has 0 heterocycles. The van der Waals surface area contributed by atoms with Crippen molar-refractivity contribution in [3.8, 4) is 0 Å². The molecule has 0 aliphatic heterocycles. The van der Waals surface area contributed by atoms with Crippen molar-refractivity contribution < 1.29 is 9.59 Å². The van der Waals surface area contributed by atoms with Crippen LogP contribution in [0.2, 0.25) is 5.02 Å². The molecule has 1 aromatic rings. The number of nitrogens with two attached hydrogens (primary N) is 1. The molecule has 0 bridgehead atoms. The SMILES string of the molecule is C=C(CNC)/C(C=O)=C(/NC(=O)Nc1ccc(Cl)cc1)SCCCC.CC.CC.CC.CN. The minimum atomic E-state index is -0.419. The summed E-state index contributed by atoms with van der Waals surface area (Å²) in [6, 6.07) is 6.37. The third-order valence-electron chi connectivity index (χ3n) is 3.21. The topological polar surface area (TPSA) is 96.2 Å². The van der Waals surface area contributed by atoms with Crippen molar-refractivity contribution in [3.63, 3.8) is 0 Å². The molecule has 8 heteroatoms. The van der Waals surface area contributed by atoms with E-state index in [1.807, 2.05) is 41.5 Å². The molecule has 5 N–H and O–H groups in total. The zero-order chi connectivity index (χ0) is 26.7. The van der Waals surface area contributed by atoms with Crippen LogP contribution < -0.4 is 21.7 Å². The summed E-state index contributed by atoms with van der Waals surface area (Å²) >= 11 is 7.28. The lowest BCUT2D eigenvalue weighted by molar-refractivity contribution is -0.104. The zero-order valence-corrected chi connectivity index (χ0v) is 23.7. The van der Waals surface area contributed by atoms with Crippen LogP contribution in [0.1, 0.15) is 61.3 Å². The number of rotatable bonds is 10. The van der Waals surface area contributed by atoms with Gasteiger partial charge in [-0.05, 0) is 56.1 Å². The van der Waals surface area contributed by atoms with E-state index in [9.17, 15) is 9.59 Å². The van der Waals surface area contributed by atoms with Crippen LogP contribution in [-0.4, -0.2) is 38.7 Å². The molecule has 192 valence electrons. The van der Waals surface area contributed by atoms with Crippen molar-refractivity contribution in [2.24, 2.45) is 5.73 Å². The van der Waals surface area contributed by atoms with Crippen molar-refractivity contribution >= 4 is 41.4 Å². The Morgan fingerprint density at radius 3 is 2.03 bits per heavy atom. The molecule has 1 rings (SSSR count). The molecular formula is C25H47ClN4O2S. The zero-order valence-electron chi connectivity index (χ0n) is 22.1. The fraction of sp³-hybridized carbons (Fsp3) is 0.520. The number of benzene rings is 1. The van der Waals surface area contributed by atoms with Crippen molar-refractivity contribution in [1.29, 1.82) is 0 Å². The van der Waals surface area contributed by atoms with Gasteiger partial charge in [-0.1, -0.05) is 73.1 Å². The number of carbonyl (C=O) groups is 2. The van der Waals surface area contributed by atoms with E-state index in [4.69, 9.17) is 11.6 Å². The van der Waals surface area contributed by atoms with E-state index in [0.29, 0.717) is 33.4 Å². The number of thioether (sulfide) groups is 1. The highest BCUT2D eigenvalue weighted by Crippen LogP contribution is 2.22. The Morgan fingerprint density at radius 2 is 1.61 bits per heavy atom. The van der Waals surface area contributed by atoms with Crippen molar-refractivity contribution in [2.45, 2.75) is 61.3 Å². The minimum absolute atomic E-state index is 0.404. The largest absolute Gasteiger partial charge is 0.333 e. The van der Waals surface area contributed by atoms with Crippen LogP contribution in [0.5, 0.6) is 0 Å². The number of amides is 2. The van der Waals surface area contributed by atoms with Gasteiger partial charge in [-0.25, -0.2) is 4.79 Å². The van der Waals surface area contributed by atoms with Crippen LogP contribution in [0.4, 0.5) is 10.5 Å². The van der Waals surface area contributed by atoms with Crippen LogP contribution in [0.15, 0.2) is 47.0 Å². The molecule has 0 unspecified atom stereocenters. The van der Waals surface area contributed by atoms with E-state index in [0.717, 1.165) is 24.9 Å². The number of halogens is 1. The molecule has 0 aliphatic carbocycles. The van der Waals surface area contributed by atoms with Crippen molar-refractivity contribution in [3.05, 3.63) is 52.0 Å². The molecule has 2 amide bonds. The van der Waals surface area contributed by atoms with Gasteiger partial charge in [-0.2, -0.15) is 0 Å². The van der Waals surface area contributed by atoms with Gasteiger partial charge in [0.2, 0.25) is 0 Å². The number of carbonyl (C=O) groups excluding carboxylic acids is 2. The minimum Gasteiger partial charge on any atom is -0.333 e. The second kappa shape index (κ2) is 30.2. The van der Waals surface area contributed by atoms with Crippen molar-refractivity contribution in [1.82, 2.24) is 10.6 Å². The monoisotopic (exact) mass is 502 g/mol. The van der Waals surface area contributed by atoms with E-state index in [1.54, 1.807) is 31.3 Å². The predicted octanol–water partition coefficient (Wildman–Crippen LogP) is 6.83. The predicted molar refractivity (Wildman–Crippen MR) is 151 cm³/mol. The van der Waals surface area contributed by atoms with Gasteiger partial charge in [0.05, 0.1) is 5.03 Å². The number of hydrogen-bond donors (Lipinski definition) is 4. The Bertz CT molecular complexity index is 636. The second-order valence-electron chi connectivity index (χ2n) is 5.28. The van der Waals surface area contributed by atoms with Crippen LogP contribution >= 0.6 is 23.4 Å². The first-order chi connectivity index (χ1) is 16.0. The molecule has 33 heavy (non-hydrogen) atoms. The Hall–Kier alpha value is -1.80. The van der Waals surface area contributed by atoms with Gasteiger partial charge < -0.3 is 21.7 Å². The number of nitrogens with one attached hydrogen (secondary N) is 3. The maximum atomic E-state index is 12.3. The molecule has 0 aliphatic rings. The summed E-state index contributed by atoms with van der Waals surface area (Å²) in [7, 11) is 3.28. The third kappa shape index (κ3) is 20.5. The van der Waals surface area contributed by atoms with Gasteiger partial charge in [-0.15, -0.1) is 11.8 Å². The van der Waals surface area contributed by atoms with Crippen LogP contribution in [-0.2, 0) is 4.79 Å². The fourth-order valence-corrected chi connectivity index (χ4v) is 3.18. The highest BCUT2D eigenvalue weighted by molar-refractivity contribution is 8.03. The summed E-state index contributed by atoms with van der Waals surface area (Å²) in [4.78, 5) is 23.8. The molecule has 0 saturated heterocycles. The average molecular weight is 503 g/mol. The molecule has 6 nitrogen and oxygen atoms in total. The number of anilines is 1. The number of hydrogen-bond acceptors (Lipinski definition) is 5. The number of urea groups is 1. The quantitative estimate of drug-likeness (QED) is 0.122. The van der Waals surface area contributed by atoms with Gasteiger partial charge in [0.25, 0.3) is 0 Å². The van der Waals surface area contributed by atoms with E-state index < -0.39 is 6.03 Å². The Balaban J connectivity index is -0.000000472. The molecular weight excluding hydrogens is 456 g/mol. The summed E-state index contributed by atoms with van der Waals surface area (Å²) < 4.78 is 0. The lowest BCUT2D eigenvalue weighted by Gasteiger charge is -2.15. The Morgan fingerprint density at radius 1 is 1.09 bits per heavy atom. The summed E-state index contributed by atoms with van der Waals surface area (Å²) in [5, 5.41) is 9.55.